The summed E-state index contributed by atoms with van der Waals surface area (Å²) in [5, 5.41) is 0. The summed E-state index contributed by atoms with van der Waals surface area (Å²) in [6.45, 7) is 2.11. The molecule has 0 aromatic heterocycles. The minimum absolute atomic E-state index is 0.213. The van der Waals surface area contributed by atoms with E-state index >= 15 is 0 Å². The van der Waals surface area contributed by atoms with E-state index in [-0.39, 0.29) is 6.04 Å². The summed E-state index contributed by atoms with van der Waals surface area (Å²) in [6, 6.07) is 6.39. The lowest BCUT2D eigenvalue weighted by atomic mass is 9.77. The molecule has 1 fully saturated rings. The number of nitrogens with two attached hydrogens (primary N) is 1. The zero-order chi connectivity index (χ0) is 10.8. The normalized spacial score (nSPS) is 18.3. The fourth-order valence-corrected chi connectivity index (χ4v) is 2.20. The summed E-state index contributed by atoms with van der Waals surface area (Å²) in [5.41, 5.74) is 8.77. The second kappa shape index (κ2) is 4.23. The molecule has 0 spiro atoms. The summed E-state index contributed by atoms with van der Waals surface area (Å²) in [5.74, 6) is 1.61. The van der Waals surface area contributed by atoms with E-state index in [0.717, 1.165) is 5.75 Å². The maximum atomic E-state index is 6.25. The molecule has 1 aromatic carbocycles. The first-order chi connectivity index (χ1) is 7.22. The van der Waals surface area contributed by atoms with Crippen molar-refractivity contribution in [3.05, 3.63) is 29.3 Å². The van der Waals surface area contributed by atoms with Crippen LogP contribution in [0.5, 0.6) is 5.75 Å². The molecule has 2 rings (SSSR count). The van der Waals surface area contributed by atoms with E-state index in [0.29, 0.717) is 5.92 Å². The second-order valence-corrected chi connectivity index (χ2v) is 4.44. The van der Waals surface area contributed by atoms with Crippen molar-refractivity contribution in [1.82, 2.24) is 0 Å². The van der Waals surface area contributed by atoms with Crippen molar-refractivity contribution < 1.29 is 4.74 Å². The van der Waals surface area contributed by atoms with E-state index in [1.54, 1.807) is 7.11 Å². The van der Waals surface area contributed by atoms with Crippen LogP contribution in [-0.4, -0.2) is 7.11 Å². The van der Waals surface area contributed by atoms with Gasteiger partial charge in [0.15, 0.2) is 0 Å². The van der Waals surface area contributed by atoms with Crippen molar-refractivity contribution in [2.75, 3.05) is 7.11 Å². The van der Waals surface area contributed by atoms with Gasteiger partial charge < -0.3 is 10.5 Å². The highest BCUT2D eigenvalue weighted by molar-refractivity contribution is 5.36. The van der Waals surface area contributed by atoms with Gasteiger partial charge in [-0.05, 0) is 48.9 Å². The first kappa shape index (κ1) is 10.5. The molecule has 0 saturated heterocycles. The summed E-state index contributed by atoms with van der Waals surface area (Å²) in [6.07, 6.45) is 3.91. The van der Waals surface area contributed by atoms with Crippen LogP contribution in [0.1, 0.15) is 36.4 Å². The standard InChI is InChI=1S/C13H19NO/c1-9-8-11(15-2)6-7-12(9)13(14)10-4-3-5-10/h6-8,10,13H,3-5,14H2,1-2H3/t13-/m1/s1. The minimum atomic E-state index is 0.213. The van der Waals surface area contributed by atoms with Crippen molar-refractivity contribution in [2.24, 2.45) is 11.7 Å². The third-order valence-electron chi connectivity index (χ3n) is 3.49. The van der Waals surface area contributed by atoms with Gasteiger partial charge in [-0.2, -0.15) is 0 Å². The number of ether oxygens (including phenoxy) is 1. The van der Waals surface area contributed by atoms with Crippen LogP contribution in [0.2, 0.25) is 0 Å². The Balaban J connectivity index is 2.19. The van der Waals surface area contributed by atoms with E-state index < -0.39 is 0 Å². The van der Waals surface area contributed by atoms with Gasteiger partial charge in [-0.25, -0.2) is 0 Å². The van der Waals surface area contributed by atoms with Crippen molar-refractivity contribution in [3.8, 4) is 5.75 Å². The molecule has 1 aliphatic carbocycles. The lowest BCUT2D eigenvalue weighted by Crippen LogP contribution is -2.27. The fourth-order valence-electron chi connectivity index (χ4n) is 2.20. The quantitative estimate of drug-likeness (QED) is 0.823. The van der Waals surface area contributed by atoms with Crippen molar-refractivity contribution in [3.63, 3.8) is 0 Å². The van der Waals surface area contributed by atoms with E-state index in [1.165, 1.54) is 30.4 Å². The first-order valence-electron chi connectivity index (χ1n) is 5.62. The molecular weight excluding hydrogens is 186 g/mol. The molecule has 0 bridgehead atoms. The summed E-state index contributed by atoms with van der Waals surface area (Å²) in [4.78, 5) is 0. The molecule has 82 valence electrons. The molecule has 1 atom stereocenters. The molecule has 0 aliphatic heterocycles. The average Bonchev–Trinajstić information content (AvgIpc) is 2.14. The molecule has 0 heterocycles. The van der Waals surface area contributed by atoms with Crippen LogP contribution in [0.4, 0.5) is 0 Å². The second-order valence-electron chi connectivity index (χ2n) is 4.44. The van der Waals surface area contributed by atoms with Crippen LogP contribution in [0.15, 0.2) is 18.2 Å². The van der Waals surface area contributed by atoms with Gasteiger partial charge in [0.1, 0.15) is 5.75 Å². The number of rotatable bonds is 3. The van der Waals surface area contributed by atoms with Crippen LogP contribution < -0.4 is 10.5 Å². The highest BCUT2D eigenvalue weighted by Gasteiger charge is 2.26. The average molecular weight is 205 g/mol. The zero-order valence-corrected chi connectivity index (χ0v) is 9.49. The van der Waals surface area contributed by atoms with E-state index in [9.17, 15) is 0 Å². The van der Waals surface area contributed by atoms with Crippen LogP contribution in [0.25, 0.3) is 0 Å². The van der Waals surface area contributed by atoms with Crippen molar-refractivity contribution >= 4 is 0 Å². The Kier molecular flexibility index (Phi) is 2.96. The smallest absolute Gasteiger partial charge is 0.119 e. The molecule has 2 nitrogen and oxygen atoms in total. The molecule has 0 radical (unpaired) electrons. The number of aryl methyl sites for hydroxylation is 1. The molecule has 1 saturated carbocycles. The zero-order valence-electron chi connectivity index (χ0n) is 9.49. The molecule has 1 aromatic rings. The fraction of sp³-hybridized carbons (Fsp3) is 0.538. The Morgan fingerprint density at radius 1 is 1.40 bits per heavy atom. The van der Waals surface area contributed by atoms with Gasteiger partial charge >= 0.3 is 0 Å². The molecule has 15 heavy (non-hydrogen) atoms. The van der Waals surface area contributed by atoms with E-state index in [4.69, 9.17) is 10.5 Å². The third-order valence-corrected chi connectivity index (χ3v) is 3.49. The van der Waals surface area contributed by atoms with Gasteiger partial charge in [-0.1, -0.05) is 12.5 Å². The topological polar surface area (TPSA) is 35.2 Å². The third kappa shape index (κ3) is 2.00. The maximum absolute atomic E-state index is 6.25. The Labute approximate surface area is 91.4 Å². The summed E-state index contributed by atoms with van der Waals surface area (Å²) >= 11 is 0. The maximum Gasteiger partial charge on any atom is 0.119 e. The number of hydrogen-bond acceptors (Lipinski definition) is 2. The van der Waals surface area contributed by atoms with Crippen molar-refractivity contribution in [2.45, 2.75) is 32.2 Å². The van der Waals surface area contributed by atoms with E-state index in [1.807, 2.05) is 6.07 Å². The molecule has 0 amide bonds. The highest BCUT2D eigenvalue weighted by Crippen LogP contribution is 2.37. The van der Waals surface area contributed by atoms with Gasteiger partial charge in [0, 0.05) is 6.04 Å². The van der Waals surface area contributed by atoms with Gasteiger partial charge in [-0.15, -0.1) is 0 Å². The lowest BCUT2D eigenvalue weighted by molar-refractivity contribution is 0.263. The Bertz CT molecular complexity index is 344. The van der Waals surface area contributed by atoms with Crippen LogP contribution in [0, 0.1) is 12.8 Å². The van der Waals surface area contributed by atoms with Gasteiger partial charge in [0.05, 0.1) is 7.11 Å². The highest BCUT2D eigenvalue weighted by atomic mass is 16.5. The molecule has 0 unspecified atom stereocenters. The Morgan fingerprint density at radius 2 is 2.13 bits per heavy atom. The van der Waals surface area contributed by atoms with Gasteiger partial charge in [0.2, 0.25) is 0 Å². The predicted octanol–water partition coefficient (Wildman–Crippen LogP) is 2.80. The number of benzene rings is 1. The Morgan fingerprint density at radius 3 is 2.60 bits per heavy atom. The molecule has 1 aliphatic rings. The van der Waals surface area contributed by atoms with Crippen LogP contribution in [0.3, 0.4) is 0 Å². The summed E-state index contributed by atoms with van der Waals surface area (Å²) in [7, 11) is 1.69. The van der Waals surface area contributed by atoms with Crippen molar-refractivity contribution in [1.29, 1.82) is 0 Å². The predicted molar refractivity (Wildman–Crippen MR) is 62.0 cm³/mol. The largest absolute Gasteiger partial charge is 0.497 e. The van der Waals surface area contributed by atoms with E-state index in [2.05, 4.69) is 19.1 Å². The number of methoxy groups -OCH3 is 1. The molecule has 2 N–H and O–H groups in total. The summed E-state index contributed by atoms with van der Waals surface area (Å²) < 4.78 is 5.19. The van der Waals surface area contributed by atoms with Gasteiger partial charge in [0.25, 0.3) is 0 Å². The number of hydrogen-bond donors (Lipinski definition) is 1. The minimum Gasteiger partial charge on any atom is -0.497 e. The van der Waals surface area contributed by atoms with Crippen LogP contribution in [-0.2, 0) is 0 Å². The molecule has 2 heteroatoms. The monoisotopic (exact) mass is 205 g/mol. The van der Waals surface area contributed by atoms with Crippen LogP contribution >= 0.6 is 0 Å². The Hall–Kier alpha value is -1.02. The van der Waals surface area contributed by atoms with Gasteiger partial charge in [-0.3, -0.25) is 0 Å². The first-order valence-corrected chi connectivity index (χ1v) is 5.62. The lowest BCUT2D eigenvalue weighted by Gasteiger charge is -2.32. The SMILES string of the molecule is COc1ccc([C@H](N)C2CCC2)c(C)c1. The molecular formula is C13H19NO.